The topological polar surface area (TPSA) is 20.3 Å². The number of Topliss-reactive ketones (excluding diaryl/α,β-unsaturated/α-hetero) is 1. The molecule has 0 bridgehead atoms. The predicted molar refractivity (Wildman–Crippen MR) is 65.8 cm³/mol. The lowest BCUT2D eigenvalue weighted by atomic mass is 9.97. The van der Waals surface area contributed by atoms with Crippen molar-refractivity contribution in [3.05, 3.63) is 35.4 Å². The molecule has 1 aromatic rings. The van der Waals surface area contributed by atoms with E-state index in [0.29, 0.717) is 0 Å². The Hall–Kier alpha value is -1.15. The number of nitrogens with zero attached hydrogens (tertiary/aromatic N) is 1. The Morgan fingerprint density at radius 3 is 2.94 bits per heavy atom. The Morgan fingerprint density at radius 2 is 2.31 bits per heavy atom. The van der Waals surface area contributed by atoms with Crippen LogP contribution < -0.4 is 0 Å². The number of carbonyl (C=O) groups is 1. The van der Waals surface area contributed by atoms with Crippen LogP contribution in [0.15, 0.2) is 24.3 Å². The second-order valence-corrected chi connectivity index (χ2v) is 4.88. The molecule has 0 amide bonds. The number of benzene rings is 1. The van der Waals surface area contributed by atoms with Crippen molar-refractivity contribution in [2.45, 2.75) is 19.8 Å². The highest BCUT2D eigenvalue weighted by Crippen LogP contribution is 2.20. The fourth-order valence-corrected chi connectivity index (χ4v) is 2.44. The van der Waals surface area contributed by atoms with Gasteiger partial charge in [-0.15, -0.1) is 0 Å². The van der Waals surface area contributed by atoms with Crippen molar-refractivity contribution in [2.24, 2.45) is 5.92 Å². The quantitative estimate of drug-likeness (QED) is 0.725. The Labute approximate surface area is 97.3 Å². The molecule has 0 aliphatic carbocycles. The van der Waals surface area contributed by atoms with Crippen molar-refractivity contribution in [1.29, 1.82) is 0 Å². The third-order valence-corrected chi connectivity index (χ3v) is 3.35. The van der Waals surface area contributed by atoms with Gasteiger partial charge in [0.05, 0.1) is 0 Å². The number of likely N-dealkylation sites (tertiary alicyclic amines) is 1. The molecule has 0 aromatic heterocycles. The number of carbonyl (C=O) groups excluding carboxylic acids is 1. The van der Waals surface area contributed by atoms with Crippen LogP contribution in [0.5, 0.6) is 0 Å². The van der Waals surface area contributed by atoms with Gasteiger partial charge in [0.15, 0.2) is 5.78 Å². The van der Waals surface area contributed by atoms with Crippen molar-refractivity contribution in [1.82, 2.24) is 4.90 Å². The molecule has 1 fully saturated rings. The third kappa shape index (κ3) is 2.70. The van der Waals surface area contributed by atoms with Gasteiger partial charge in [-0.2, -0.15) is 0 Å². The summed E-state index contributed by atoms with van der Waals surface area (Å²) in [5.41, 5.74) is 2.14. The van der Waals surface area contributed by atoms with Crippen molar-refractivity contribution in [3.8, 4) is 0 Å². The van der Waals surface area contributed by atoms with Crippen LogP contribution in [-0.2, 0) is 6.42 Å². The summed E-state index contributed by atoms with van der Waals surface area (Å²) in [6.45, 7) is 4.02. The Bertz CT molecular complexity index is 386. The average Bonchev–Trinajstić information content (AvgIpc) is 2.64. The van der Waals surface area contributed by atoms with Gasteiger partial charge in [0.25, 0.3) is 0 Å². The van der Waals surface area contributed by atoms with Gasteiger partial charge in [0.2, 0.25) is 0 Å². The molecule has 1 aliphatic heterocycles. The van der Waals surface area contributed by atoms with E-state index < -0.39 is 0 Å². The van der Waals surface area contributed by atoms with Gasteiger partial charge < -0.3 is 4.90 Å². The van der Waals surface area contributed by atoms with Crippen LogP contribution in [-0.4, -0.2) is 30.8 Å². The van der Waals surface area contributed by atoms with Crippen LogP contribution in [0.25, 0.3) is 0 Å². The Kier molecular flexibility index (Phi) is 3.39. The molecule has 1 heterocycles. The fourth-order valence-electron chi connectivity index (χ4n) is 2.44. The summed E-state index contributed by atoms with van der Waals surface area (Å²) < 4.78 is 0. The highest BCUT2D eigenvalue weighted by molar-refractivity contribution is 5.94. The monoisotopic (exact) mass is 217 g/mol. The summed E-state index contributed by atoms with van der Waals surface area (Å²) in [6.07, 6.45) is 2.38. The number of hydrogen-bond acceptors (Lipinski definition) is 2. The minimum absolute atomic E-state index is 0.158. The van der Waals surface area contributed by atoms with Crippen molar-refractivity contribution in [2.75, 3.05) is 20.1 Å². The van der Waals surface area contributed by atoms with E-state index in [9.17, 15) is 4.79 Å². The molecule has 2 rings (SSSR count). The summed E-state index contributed by atoms with van der Waals surface area (Å²) in [5.74, 6) is 0.914. The fraction of sp³-hybridized carbons (Fsp3) is 0.500. The van der Waals surface area contributed by atoms with Gasteiger partial charge in [-0.25, -0.2) is 0 Å². The van der Waals surface area contributed by atoms with Crippen LogP contribution in [0.2, 0.25) is 0 Å². The van der Waals surface area contributed by atoms with Gasteiger partial charge >= 0.3 is 0 Å². The molecular weight excluding hydrogens is 198 g/mol. The van der Waals surface area contributed by atoms with Crippen LogP contribution in [0.3, 0.4) is 0 Å². The van der Waals surface area contributed by atoms with Crippen LogP contribution in [0.4, 0.5) is 0 Å². The zero-order valence-electron chi connectivity index (χ0n) is 10.1. The Balaban J connectivity index is 2.04. The summed E-state index contributed by atoms with van der Waals surface area (Å²) in [5, 5.41) is 0. The number of rotatable bonds is 3. The van der Waals surface area contributed by atoms with Crippen LogP contribution in [0, 0.1) is 5.92 Å². The smallest absolute Gasteiger partial charge is 0.159 e. The molecule has 2 nitrogen and oxygen atoms in total. The van der Waals surface area contributed by atoms with E-state index in [4.69, 9.17) is 0 Å². The van der Waals surface area contributed by atoms with Gasteiger partial charge in [0.1, 0.15) is 0 Å². The first-order valence-electron chi connectivity index (χ1n) is 5.93. The lowest BCUT2D eigenvalue weighted by Crippen LogP contribution is -2.15. The zero-order chi connectivity index (χ0) is 11.5. The first-order valence-corrected chi connectivity index (χ1v) is 5.93. The normalized spacial score (nSPS) is 21.2. The highest BCUT2D eigenvalue weighted by Gasteiger charge is 2.19. The molecule has 86 valence electrons. The van der Waals surface area contributed by atoms with E-state index in [2.05, 4.69) is 18.0 Å². The molecule has 0 N–H and O–H groups in total. The minimum Gasteiger partial charge on any atom is -0.306 e. The summed E-state index contributed by atoms with van der Waals surface area (Å²) in [6, 6.07) is 8.06. The number of hydrogen-bond donors (Lipinski definition) is 0. The molecule has 16 heavy (non-hydrogen) atoms. The lowest BCUT2D eigenvalue weighted by Gasteiger charge is -2.10. The first kappa shape index (κ1) is 11.3. The summed E-state index contributed by atoms with van der Waals surface area (Å²) in [4.78, 5) is 13.7. The summed E-state index contributed by atoms with van der Waals surface area (Å²) >= 11 is 0. The second-order valence-electron chi connectivity index (χ2n) is 4.88. The molecule has 0 spiro atoms. The van der Waals surface area contributed by atoms with Gasteiger partial charge in [0, 0.05) is 12.1 Å². The van der Waals surface area contributed by atoms with Gasteiger partial charge in [-0.05, 0) is 50.9 Å². The predicted octanol–water partition coefficient (Wildman–Crippen LogP) is 2.38. The molecular formula is C14H19NO. The maximum atomic E-state index is 11.3. The third-order valence-electron chi connectivity index (χ3n) is 3.35. The van der Waals surface area contributed by atoms with E-state index in [1.165, 1.54) is 25.1 Å². The molecule has 1 atom stereocenters. The standard InChI is InChI=1S/C14H19NO/c1-11(16)14-5-3-4-12(9-14)8-13-6-7-15(2)10-13/h3-5,9,13H,6-8,10H2,1-2H3. The SMILES string of the molecule is CC(=O)c1cccc(CC2CCN(C)C2)c1. The van der Waals surface area contributed by atoms with Crippen LogP contribution in [0.1, 0.15) is 29.3 Å². The molecule has 1 saturated heterocycles. The molecule has 0 radical (unpaired) electrons. The zero-order valence-corrected chi connectivity index (χ0v) is 10.1. The van der Waals surface area contributed by atoms with Gasteiger partial charge in [-0.1, -0.05) is 18.2 Å². The molecule has 1 unspecified atom stereocenters. The maximum Gasteiger partial charge on any atom is 0.159 e. The lowest BCUT2D eigenvalue weighted by molar-refractivity contribution is 0.101. The Morgan fingerprint density at radius 1 is 1.50 bits per heavy atom. The van der Waals surface area contributed by atoms with Crippen molar-refractivity contribution in [3.63, 3.8) is 0 Å². The van der Waals surface area contributed by atoms with Crippen LogP contribution >= 0.6 is 0 Å². The van der Waals surface area contributed by atoms with E-state index in [0.717, 1.165) is 17.9 Å². The highest BCUT2D eigenvalue weighted by atomic mass is 16.1. The first-order chi connectivity index (χ1) is 7.65. The maximum absolute atomic E-state index is 11.3. The van der Waals surface area contributed by atoms with E-state index in [-0.39, 0.29) is 5.78 Å². The van der Waals surface area contributed by atoms with Crippen molar-refractivity contribution < 1.29 is 4.79 Å². The average molecular weight is 217 g/mol. The molecule has 1 aliphatic rings. The summed E-state index contributed by atoms with van der Waals surface area (Å²) in [7, 11) is 2.17. The molecule has 1 aromatic carbocycles. The molecule has 0 saturated carbocycles. The largest absolute Gasteiger partial charge is 0.306 e. The molecule has 2 heteroatoms. The van der Waals surface area contributed by atoms with Crippen molar-refractivity contribution >= 4 is 5.78 Å². The van der Waals surface area contributed by atoms with Gasteiger partial charge in [-0.3, -0.25) is 4.79 Å². The van der Waals surface area contributed by atoms with E-state index in [1.807, 2.05) is 18.2 Å². The number of ketones is 1. The second kappa shape index (κ2) is 4.79. The van der Waals surface area contributed by atoms with E-state index >= 15 is 0 Å². The van der Waals surface area contributed by atoms with E-state index in [1.54, 1.807) is 6.92 Å². The minimum atomic E-state index is 0.158.